The number of carbonyl (C=O) groups excluding carboxylic acids is 1. The Labute approximate surface area is 444 Å². The molecule has 0 heterocycles. The van der Waals surface area contributed by atoms with Crippen LogP contribution in [0.1, 0.15) is 341 Å². The quantitative estimate of drug-likeness (QED) is 0.0357. The van der Waals surface area contributed by atoms with Crippen LogP contribution in [0.5, 0.6) is 0 Å². The number of aliphatic hydroxyl groups excluding tert-OH is 1. The molecular weight excluding hydrogens is 900 g/mol. The number of hydrogen-bond acceptors (Lipinski definition) is 6. The third-order valence-electron chi connectivity index (χ3n) is 15.1. The minimum atomic E-state index is -4.57. The summed E-state index contributed by atoms with van der Waals surface area (Å²) in [5.74, 6) is -0.155. The molecule has 0 saturated heterocycles. The zero-order valence-corrected chi connectivity index (χ0v) is 49.6. The van der Waals surface area contributed by atoms with Gasteiger partial charge in [0, 0.05) is 6.42 Å². The van der Waals surface area contributed by atoms with E-state index in [2.05, 4.69) is 19.2 Å². The number of nitrogens with one attached hydrogen (secondary N) is 1. The van der Waals surface area contributed by atoms with Gasteiger partial charge in [0.25, 0.3) is 7.82 Å². The predicted molar refractivity (Wildman–Crippen MR) is 307 cm³/mol. The maximum Gasteiger partial charge on any atom is 0.268 e. The Morgan fingerprint density at radius 1 is 0.437 bits per heavy atom. The summed E-state index contributed by atoms with van der Waals surface area (Å²) in [5.41, 5.74) is 0. The molecule has 0 aliphatic rings. The molecule has 426 valence electrons. The van der Waals surface area contributed by atoms with Gasteiger partial charge in [-0.15, -0.1) is 0 Å². The van der Waals surface area contributed by atoms with Gasteiger partial charge in [-0.3, -0.25) is 9.36 Å². The van der Waals surface area contributed by atoms with Crippen molar-refractivity contribution in [3.63, 3.8) is 0 Å². The Hall–Kier alpha value is -0.500. The van der Waals surface area contributed by atoms with Gasteiger partial charge in [-0.25, -0.2) is 0 Å². The second-order valence-electron chi connectivity index (χ2n) is 23.5. The van der Waals surface area contributed by atoms with Crippen LogP contribution < -0.4 is 10.2 Å². The molecule has 8 nitrogen and oxygen atoms in total. The van der Waals surface area contributed by atoms with Crippen LogP contribution in [-0.2, 0) is 18.4 Å². The lowest BCUT2D eigenvalue weighted by Crippen LogP contribution is -2.46. The number of nitrogens with zero attached hydrogens (tertiary/aromatic N) is 1. The smallest absolute Gasteiger partial charge is 0.268 e. The number of carbonyl (C=O) groups is 1. The standard InChI is InChI=1S/C62H127N2O6P/c1-6-8-10-12-14-16-18-20-22-24-26-28-30-31-32-33-34-36-38-40-42-44-46-48-50-52-54-56-62(66)63-60(59-70-71(67,68)69-58-57-64(3,4)5)61(65)55-53-51-49-47-45-43-41-39-37-35-29-27-25-23-21-19-17-15-13-11-9-7-2/h60-61,65H,6-59H2,1-5H3,(H-,63,66,67,68). The summed E-state index contributed by atoms with van der Waals surface area (Å²) >= 11 is 0. The van der Waals surface area contributed by atoms with Crippen LogP contribution in [0, 0.1) is 0 Å². The van der Waals surface area contributed by atoms with Gasteiger partial charge in [0.1, 0.15) is 13.2 Å². The molecule has 0 radical (unpaired) electrons. The SMILES string of the molecule is CCCCCCCCCCCCCCCCCCCCCCCCCCCCCC(=O)NC(COP(=O)([O-])OCC[N+](C)(C)C)C(O)CCCCCCCCCCCCCCCCCCCCCCCC. The van der Waals surface area contributed by atoms with Crippen LogP contribution in [0.25, 0.3) is 0 Å². The third-order valence-corrected chi connectivity index (χ3v) is 16.1. The number of likely N-dealkylation sites (N-methyl/N-ethyl adjacent to an activating group) is 1. The molecule has 0 rings (SSSR count). The monoisotopic (exact) mass is 1030 g/mol. The first-order valence-electron chi connectivity index (χ1n) is 31.9. The summed E-state index contributed by atoms with van der Waals surface area (Å²) in [6, 6.07) is -0.796. The van der Waals surface area contributed by atoms with Gasteiger partial charge >= 0.3 is 0 Å². The molecule has 3 atom stereocenters. The maximum absolute atomic E-state index is 13.0. The summed E-state index contributed by atoms with van der Waals surface area (Å²) < 4.78 is 23.5. The van der Waals surface area contributed by atoms with E-state index in [4.69, 9.17) is 9.05 Å². The molecule has 1 amide bonds. The molecular formula is C62H127N2O6P. The van der Waals surface area contributed by atoms with Crippen molar-refractivity contribution in [2.75, 3.05) is 40.9 Å². The molecule has 0 saturated carbocycles. The summed E-state index contributed by atoms with van der Waals surface area (Å²) in [5, 5.41) is 14.1. The number of phosphoric acid groups is 1. The van der Waals surface area contributed by atoms with E-state index < -0.39 is 20.0 Å². The second kappa shape index (κ2) is 54.3. The molecule has 0 aromatic carbocycles. The van der Waals surface area contributed by atoms with Crippen molar-refractivity contribution in [3.05, 3.63) is 0 Å². The molecule has 0 aromatic rings. The number of hydrogen-bond donors (Lipinski definition) is 2. The number of quaternary nitrogens is 1. The van der Waals surface area contributed by atoms with Gasteiger partial charge in [-0.1, -0.05) is 322 Å². The van der Waals surface area contributed by atoms with E-state index >= 15 is 0 Å². The molecule has 9 heteroatoms. The average Bonchev–Trinajstić information content (AvgIpc) is 3.33. The summed E-state index contributed by atoms with van der Waals surface area (Å²) in [6.07, 6.45) is 65.8. The summed E-state index contributed by atoms with van der Waals surface area (Å²) in [7, 11) is 1.33. The van der Waals surface area contributed by atoms with Crippen molar-refractivity contribution < 1.29 is 32.9 Å². The highest BCUT2D eigenvalue weighted by molar-refractivity contribution is 7.45. The van der Waals surface area contributed by atoms with Crippen LogP contribution in [0.15, 0.2) is 0 Å². The zero-order chi connectivity index (χ0) is 52.0. The first kappa shape index (κ1) is 70.5. The van der Waals surface area contributed by atoms with Crippen LogP contribution in [0.4, 0.5) is 0 Å². The van der Waals surface area contributed by atoms with E-state index in [1.807, 2.05) is 21.1 Å². The molecule has 0 aliphatic heterocycles. The minimum absolute atomic E-state index is 0.0168. The zero-order valence-electron chi connectivity index (χ0n) is 48.7. The topological polar surface area (TPSA) is 108 Å². The van der Waals surface area contributed by atoms with Crippen molar-refractivity contribution in [2.24, 2.45) is 0 Å². The van der Waals surface area contributed by atoms with Crippen molar-refractivity contribution in [2.45, 2.75) is 353 Å². The molecule has 0 bridgehead atoms. The van der Waals surface area contributed by atoms with E-state index in [9.17, 15) is 19.4 Å². The largest absolute Gasteiger partial charge is 0.756 e. The number of unbranched alkanes of at least 4 members (excludes halogenated alkanes) is 47. The fourth-order valence-electron chi connectivity index (χ4n) is 10.1. The summed E-state index contributed by atoms with van der Waals surface area (Å²) in [4.78, 5) is 25.6. The Kier molecular flexibility index (Phi) is 53.9. The molecule has 3 unspecified atom stereocenters. The van der Waals surface area contributed by atoms with Crippen molar-refractivity contribution in [3.8, 4) is 0 Å². The van der Waals surface area contributed by atoms with E-state index in [0.717, 1.165) is 38.5 Å². The highest BCUT2D eigenvalue weighted by atomic mass is 31.2. The van der Waals surface area contributed by atoms with Gasteiger partial charge in [0.05, 0.1) is 39.9 Å². The lowest BCUT2D eigenvalue weighted by atomic mass is 10.0. The highest BCUT2D eigenvalue weighted by Gasteiger charge is 2.24. The molecule has 2 N–H and O–H groups in total. The van der Waals surface area contributed by atoms with Gasteiger partial charge in [-0.05, 0) is 12.8 Å². The van der Waals surface area contributed by atoms with Crippen LogP contribution in [-0.4, -0.2) is 68.5 Å². The molecule has 71 heavy (non-hydrogen) atoms. The molecule has 0 fully saturated rings. The Bertz CT molecular complexity index is 1120. The first-order valence-corrected chi connectivity index (χ1v) is 33.3. The van der Waals surface area contributed by atoms with Gasteiger partial charge < -0.3 is 28.8 Å². The molecule has 0 spiro atoms. The number of phosphoric ester groups is 1. The lowest BCUT2D eigenvalue weighted by Gasteiger charge is -2.30. The average molecular weight is 1030 g/mol. The van der Waals surface area contributed by atoms with Crippen molar-refractivity contribution in [1.29, 1.82) is 0 Å². The van der Waals surface area contributed by atoms with Gasteiger partial charge in [0.2, 0.25) is 5.91 Å². The first-order chi connectivity index (χ1) is 34.5. The highest BCUT2D eigenvalue weighted by Crippen LogP contribution is 2.38. The van der Waals surface area contributed by atoms with Crippen molar-refractivity contribution in [1.82, 2.24) is 5.32 Å². The van der Waals surface area contributed by atoms with Crippen LogP contribution >= 0.6 is 7.82 Å². The van der Waals surface area contributed by atoms with Gasteiger partial charge in [0.15, 0.2) is 0 Å². The molecule has 0 aromatic heterocycles. The molecule has 0 aliphatic carbocycles. The second-order valence-corrected chi connectivity index (χ2v) is 24.9. The normalized spacial score (nSPS) is 13.7. The fraction of sp³-hybridized carbons (Fsp3) is 0.984. The number of amides is 1. The lowest BCUT2D eigenvalue weighted by molar-refractivity contribution is -0.870. The number of aliphatic hydroxyl groups is 1. The Morgan fingerprint density at radius 2 is 0.690 bits per heavy atom. The third kappa shape index (κ3) is 57.1. The van der Waals surface area contributed by atoms with E-state index in [-0.39, 0.29) is 19.1 Å². The number of rotatable bonds is 60. The predicted octanol–water partition coefficient (Wildman–Crippen LogP) is 19.0. The fourth-order valence-corrected chi connectivity index (χ4v) is 10.8. The maximum atomic E-state index is 13.0. The summed E-state index contributed by atoms with van der Waals surface area (Å²) in [6.45, 7) is 4.79. The van der Waals surface area contributed by atoms with Crippen molar-refractivity contribution >= 4 is 13.7 Å². The van der Waals surface area contributed by atoms with E-state index in [1.165, 1.54) is 276 Å². The van der Waals surface area contributed by atoms with Crippen LogP contribution in [0.2, 0.25) is 0 Å². The van der Waals surface area contributed by atoms with E-state index in [0.29, 0.717) is 23.9 Å². The van der Waals surface area contributed by atoms with Crippen LogP contribution in [0.3, 0.4) is 0 Å². The Balaban J connectivity index is 4.04. The van der Waals surface area contributed by atoms with E-state index in [1.54, 1.807) is 0 Å². The Morgan fingerprint density at radius 3 is 0.958 bits per heavy atom. The minimum Gasteiger partial charge on any atom is -0.756 e. The van der Waals surface area contributed by atoms with Gasteiger partial charge in [-0.2, -0.15) is 0 Å².